The molecule has 3 rings (SSSR count). The number of hydrogen-bond acceptors (Lipinski definition) is 2. The zero-order chi connectivity index (χ0) is 17.9. The lowest BCUT2D eigenvalue weighted by molar-refractivity contribution is 0.00889. The van der Waals surface area contributed by atoms with Crippen LogP contribution in [0.1, 0.15) is 23.7 Å². The number of benzene rings is 2. The first-order valence-electron chi connectivity index (χ1n) is 7.69. The maximum atomic E-state index is 13.7. The molecule has 0 N–H and O–H groups in total. The van der Waals surface area contributed by atoms with Crippen LogP contribution in [0.25, 0.3) is 0 Å². The minimum atomic E-state index is -3.38. The van der Waals surface area contributed by atoms with Crippen molar-refractivity contribution in [3.05, 3.63) is 95.4 Å². The molecule has 126 valence electrons. The van der Waals surface area contributed by atoms with E-state index in [1.807, 2.05) is 60.7 Å². The maximum Gasteiger partial charge on any atom is 0.289 e. The zero-order valence-electron chi connectivity index (χ0n) is 13.5. The van der Waals surface area contributed by atoms with Gasteiger partial charge in [-0.25, -0.2) is 14.4 Å². The molecule has 0 aliphatic carbocycles. The Kier molecular flexibility index (Phi) is 4.65. The zero-order valence-corrected chi connectivity index (χ0v) is 13.5. The Morgan fingerprint density at radius 2 is 1.36 bits per heavy atom. The quantitative estimate of drug-likeness (QED) is 0.576. The summed E-state index contributed by atoms with van der Waals surface area (Å²) in [5.74, 6) is -4.40. The van der Waals surface area contributed by atoms with Crippen molar-refractivity contribution in [2.45, 2.75) is 12.8 Å². The van der Waals surface area contributed by atoms with Gasteiger partial charge in [0.15, 0.2) is 11.6 Å². The maximum absolute atomic E-state index is 13.7. The Labute approximate surface area is 143 Å². The minimum absolute atomic E-state index is 0.0284. The number of aromatic nitrogens is 1. The van der Waals surface area contributed by atoms with E-state index in [1.54, 1.807) is 0 Å². The second-order valence-corrected chi connectivity index (χ2v) is 5.58. The highest BCUT2D eigenvalue weighted by Crippen LogP contribution is 2.29. The van der Waals surface area contributed by atoms with Gasteiger partial charge in [-0.3, -0.25) is 0 Å². The van der Waals surface area contributed by atoms with Gasteiger partial charge in [0, 0.05) is 18.1 Å². The normalized spacial score (nSPS) is 11.2. The molecule has 3 aromatic rings. The van der Waals surface area contributed by atoms with E-state index in [0.29, 0.717) is 12.6 Å². The number of alkyl halides is 2. The Morgan fingerprint density at radius 1 is 0.840 bits per heavy atom. The molecule has 0 aliphatic heterocycles. The molecule has 0 fully saturated rings. The largest absolute Gasteiger partial charge is 0.289 e. The average molecular weight is 340 g/mol. The fourth-order valence-corrected chi connectivity index (χ4v) is 2.40. The molecule has 0 saturated carbocycles. The van der Waals surface area contributed by atoms with Crippen molar-refractivity contribution in [3.63, 3.8) is 0 Å². The predicted molar refractivity (Wildman–Crippen MR) is 91.9 cm³/mol. The van der Waals surface area contributed by atoms with E-state index >= 15 is 0 Å². The van der Waals surface area contributed by atoms with Crippen molar-refractivity contribution in [1.82, 2.24) is 4.98 Å². The van der Waals surface area contributed by atoms with Crippen LogP contribution in [0, 0.1) is 5.82 Å². The number of halogens is 3. The monoisotopic (exact) mass is 340 g/mol. The Balaban J connectivity index is 2.15. The highest BCUT2D eigenvalue weighted by Gasteiger charge is 2.30. The topological polar surface area (TPSA) is 25.2 Å². The summed E-state index contributed by atoms with van der Waals surface area (Å²) >= 11 is 0. The molecule has 25 heavy (non-hydrogen) atoms. The number of aliphatic imine (C=N–C) groups is 1. The molecule has 0 spiro atoms. The molecule has 0 radical (unpaired) electrons. The third-order valence-corrected chi connectivity index (χ3v) is 3.57. The lowest BCUT2D eigenvalue weighted by atomic mass is 10.0. The summed E-state index contributed by atoms with van der Waals surface area (Å²) in [6.07, 6.45) is 0. The fraction of sp³-hybridized carbons (Fsp3) is 0.100. The first-order valence-corrected chi connectivity index (χ1v) is 7.69. The van der Waals surface area contributed by atoms with Gasteiger partial charge in [0.25, 0.3) is 5.92 Å². The molecule has 1 heterocycles. The lowest BCUT2D eigenvalue weighted by Gasteiger charge is -2.12. The van der Waals surface area contributed by atoms with Crippen LogP contribution >= 0.6 is 0 Å². The Hall–Kier alpha value is -2.95. The van der Waals surface area contributed by atoms with E-state index in [0.717, 1.165) is 17.2 Å². The summed E-state index contributed by atoms with van der Waals surface area (Å²) in [6, 6.07) is 20.9. The van der Waals surface area contributed by atoms with Gasteiger partial charge in [0.2, 0.25) is 0 Å². The number of nitrogens with zero attached hydrogens (tertiary/aromatic N) is 2. The van der Waals surface area contributed by atoms with Gasteiger partial charge in [-0.15, -0.1) is 0 Å². The van der Waals surface area contributed by atoms with Crippen LogP contribution in [0.15, 0.2) is 77.8 Å². The first kappa shape index (κ1) is 16.9. The summed E-state index contributed by atoms with van der Waals surface area (Å²) in [5.41, 5.74) is 1.29. The van der Waals surface area contributed by atoms with E-state index in [-0.39, 0.29) is 5.82 Å². The van der Waals surface area contributed by atoms with Gasteiger partial charge in [0.1, 0.15) is 5.69 Å². The highest BCUT2D eigenvalue weighted by atomic mass is 19.3. The van der Waals surface area contributed by atoms with Crippen LogP contribution in [0.4, 0.5) is 19.0 Å². The lowest BCUT2D eigenvalue weighted by Crippen LogP contribution is -2.12. The molecule has 0 amide bonds. The molecule has 0 aliphatic rings. The Bertz CT molecular complexity index is 844. The Morgan fingerprint density at radius 3 is 1.84 bits per heavy atom. The SMILES string of the molecule is CC(F)(F)c1nc(N=C(c2ccccc2)c2ccccc2)ccc1F. The number of pyridine rings is 1. The molecule has 0 unspecified atom stereocenters. The van der Waals surface area contributed by atoms with Gasteiger partial charge in [-0.1, -0.05) is 60.7 Å². The van der Waals surface area contributed by atoms with Crippen LogP contribution in [-0.2, 0) is 5.92 Å². The van der Waals surface area contributed by atoms with Crippen molar-refractivity contribution in [3.8, 4) is 0 Å². The summed E-state index contributed by atoms with van der Waals surface area (Å²) in [7, 11) is 0. The molecule has 0 atom stereocenters. The summed E-state index contributed by atoms with van der Waals surface area (Å²) in [6.45, 7) is 0.612. The smallest absolute Gasteiger partial charge is 0.228 e. The van der Waals surface area contributed by atoms with Gasteiger partial charge in [0.05, 0.1) is 5.71 Å². The summed E-state index contributed by atoms with van der Waals surface area (Å²) in [4.78, 5) is 8.14. The predicted octanol–water partition coefficient (Wildman–Crippen LogP) is 5.50. The van der Waals surface area contributed by atoms with Gasteiger partial charge >= 0.3 is 0 Å². The summed E-state index contributed by atoms with van der Waals surface area (Å²) < 4.78 is 40.7. The molecular weight excluding hydrogens is 325 g/mol. The molecule has 5 heteroatoms. The van der Waals surface area contributed by atoms with Crippen LogP contribution < -0.4 is 0 Å². The van der Waals surface area contributed by atoms with E-state index in [4.69, 9.17) is 0 Å². The summed E-state index contributed by atoms with van der Waals surface area (Å²) in [5, 5.41) is 0. The van der Waals surface area contributed by atoms with Crippen molar-refractivity contribution in [2.75, 3.05) is 0 Å². The number of rotatable bonds is 4. The van der Waals surface area contributed by atoms with E-state index in [1.165, 1.54) is 6.07 Å². The minimum Gasteiger partial charge on any atom is -0.228 e. The van der Waals surface area contributed by atoms with Crippen molar-refractivity contribution >= 4 is 11.5 Å². The standard InChI is InChI=1S/C20H15F3N2/c1-20(22,23)19-16(21)12-13-17(25-19)24-18(14-8-4-2-5-9-14)15-10-6-3-7-11-15/h2-13H,1H3. The van der Waals surface area contributed by atoms with E-state index in [2.05, 4.69) is 9.98 Å². The van der Waals surface area contributed by atoms with Crippen LogP contribution in [-0.4, -0.2) is 10.7 Å². The molecule has 0 saturated heterocycles. The third kappa shape index (κ3) is 3.94. The molecule has 2 nitrogen and oxygen atoms in total. The molecule has 2 aromatic carbocycles. The molecular formula is C20H15F3N2. The van der Waals surface area contributed by atoms with Crippen molar-refractivity contribution < 1.29 is 13.2 Å². The van der Waals surface area contributed by atoms with Gasteiger partial charge in [-0.05, 0) is 12.1 Å². The van der Waals surface area contributed by atoms with Gasteiger partial charge < -0.3 is 0 Å². The highest BCUT2D eigenvalue weighted by molar-refractivity contribution is 6.13. The number of hydrogen-bond donors (Lipinski definition) is 0. The average Bonchev–Trinajstić information content (AvgIpc) is 2.61. The van der Waals surface area contributed by atoms with Gasteiger partial charge in [-0.2, -0.15) is 8.78 Å². The first-order chi connectivity index (χ1) is 11.9. The van der Waals surface area contributed by atoms with Crippen LogP contribution in [0.5, 0.6) is 0 Å². The third-order valence-electron chi connectivity index (χ3n) is 3.57. The van der Waals surface area contributed by atoms with Crippen molar-refractivity contribution in [2.24, 2.45) is 4.99 Å². The van der Waals surface area contributed by atoms with E-state index < -0.39 is 17.4 Å². The molecule has 0 bridgehead atoms. The van der Waals surface area contributed by atoms with E-state index in [9.17, 15) is 13.2 Å². The molecule has 1 aromatic heterocycles. The van der Waals surface area contributed by atoms with Crippen molar-refractivity contribution in [1.29, 1.82) is 0 Å². The second-order valence-electron chi connectivity index (χ2n) is 5.58. The second kappa shape index (κ2) is 6.89. The fourth-order valence-electron chi connectivity index (χ4n) is 2.40. The van der Waals surface area contributed by atoms with Crippen LogP contribution in [0.3, 0.4) is 0 Å². The van der Waals surface area contributed by atoms with Crippen LogP contribution in [0.2, 0.25) is 0 Å².